The molecular weight excluding hydrogens is 236 g/mol. The van der Waals surface area contributed by atoms with Crippen LogP contribution in [0.5, 0.6) is 0 Å². The Morgan fingerprint density at radius 2 is 2.11 bits per heavy atom. The lowest BCUT2D eigenvalue weighted by atomic mass is 10.2. The number of nitrogens with one attached hydrogen (secondary N) is 1. The van der Waals surface area contributed by atoms with E-state index in [1.807, 2.05) is 0 Å². The van der Waals surface area contributed by atoms with Crippen molar-refractivity contribution in [2.75, 3.05) is 26.2 Å². The van der Waals surface area contributed by atoms with Crippen molar-refractivity contribution in [3.63, 3.8) is 0 Å². The molecule has 0 aliphatic carbocycles. The van der Waals surface area contributed by atoms with Gasteiger partial charge in [0.2, 0.25) is 0 Å². The van der Waals surface area contributed by atoms with E-state index in [-0.39, 0.29) is 0 Å². The van der Waals surface area contributed by atoms with Gasteiger partial charge in [-0.3, -0.25) is 4.90 Å². The highest BCUT2D eigenvalue weighted by Crippen LogP contribution is 2.15. The number of benzene rings is 1. The summed E-state index contributed by atoms with van der Waals surface area (Å²) in [6, 6.07) is 11.2. The minimum Gasteiger partial charge on any atom is -0.376 e. The zero-order valence-corrected chi connectivity index (χ0v) is 12.1. The van der Waals surface area contributed by atoms with E-state index in [0.717, 1.165) is 39.2 Å². The molecule has 106 valence electrons. The van der Waals surface area contributed by atoms with E-state index in [1.54, 1.807) is 0 Å². The van der Waals surface area contributed by atoms with Gasteiger partial charge in [0.05, 0.1) is 12.7 Å². The normalized spacial score (nSPS) is 20.3. The first kappa shape index (κ1) is 14.5. The maximum atomic E-state index is 5.92. The molecule has 0 bridgehead atoms. The highest BCUT2D eigenvalue weighted by atomic mass is 16.5. The van der Waals surface area contributed by atoms with Crippen LogP contribution in [0.25, 0.3) is 0 Å². The van der Waals surface area contributed by atoms with Crippen LogP contribution in [0.4, 0.5) is 0 Å². The largest absolute Gasteiger partial charge is 0.376 e. The Morgan fingerprint density at radius 1 is 1.32 bits per heavy atom. The van der Waals surface area contributed by atoms with E-state index in [1.165, 1.54) is 5.56 Å². The molecule has 1 fully saturated rings. The van der Waals surface area contributed by atoms with Crippen LogP contribution in [0, 0.1) is 0 Å². The molecule has 1 aromatic carbocycles. The fourth-order valence-electron chi connectivity index (χ4n) is 2.49. The van der Waals surface area contributed by atoms with E-state index in [0.29, 0.717) is 12.1 Å². The van der Waals surface area contributed by atoms with E-state index in [9.17, 15) is 0 Å². The predicted molar refractivity (Wildman–Crippen MR) is 79.2 cm³/mol. The fraction of sp³-hybridized carbons (Fsp3) is 0.625. The number of nitrogens with zero attached hydrogens (tertiary/aromatic N) is 1. The quantitative estimate of drug-likeness (QED) is 0.763. The Hall–Kier alpha value is -0.900. The summed E-state index contributed by atoms with van der Waals surface area (Å²) in [5.41, 5.74) is 1.39. The zero-order chi connectivity index (χ0) is 13.5. The molecule has 19 heavy (non-hydrogen) atoms. The highest BCUT2D eigenvalue weighted by molar-refractivity contribution is 5.14. The molecule has 0 radical (unpaired) electrons. The van der Waals surface area contributed by atoms with Gasteiger partial charge in [-0.2, -0.15) is 0 Å². The van der Waals surface area contributed by atoms with Crippen LogP contribution >= 0.6 is 0 Å². The molecular formula is C16H26N2O. The van der Waals surface area contributed by atoms with E-state index < -0.39 is 0 Å². The van der Waals surface area contributed by atoms with E-state index >= 15 is 0 Å². The lowest BCUT2D eigenvalue weighted by Crippen LogP contribution is -2.29. The van der Waals surface area contributed by atoms with Gasteiger partial charge in [-0.15, -0.1) is 0 Å². The van der Waals surface area contributed by atoms with Crippen molar-refractivity contribution < 1.29 is 4.74 Å². The second kappa shape index (κ2) is 7.63. The number of ether oxygens (including phenoxy) is 1. The van der Waals surface area contributed by atoms with E-state index in [4.69, 9.17) is 4.74 Å². The first-order valence-corrected chi connectivity index (χ1v) is 7.35. The molecule has 0 spiro atoms. The smallest absolute Gasteiger partial charge is 0.0714 e. The zero-order valence-electron chi connectivity index (χ0n) is 12.1. The van der Waals surface area contributed by atoms with Crippen LogP contribution in [0.1, 0.15) is 25.8 Å². The van der Waals surface area contributed by atoms with Gasteiger partial charge in [0.25, 0.3) is 0 Å². The monoisotopic (exact) mass is 262 g/mol. The van der Waals surface area contributed by atoms with Gasteiger partial charge in [-0.05, 0) is 12.0 Å². The van der Waals surface area contributed by atoms with Crippen LogP contribution < -0.4 is 5.32 Å². The van der Waals surface area contributed by atoms with Crippen LogP contribution in [-0.2, 0) is 11.3 Å². The third-order valence-corrected chi connectivity index (χ3v) is 3.49. The molecule has 1 aromatic rings. The molecule has 2 rings (SSSR count). The molecule has 0 saturated carbocycles. The Bertz CT molecular complexity index is 353. The molecule has 1 atom stereocenters. The summed E-state index contributed by atoms with van der Waals surface area (Å²) in [7, 11) is 0. The first-order valence-electron chi connectivity index (χ1n) is 7.35. The molecule has 1 unspecified atom stereocenters. The number of hydrogen-bond donors (Lipinski definition) is 1. The molecule has 1 heterocycles. The molecule has 3 heteroatoms. The van der Waals surface area contributed by atoms with Crippen LogP contribution in [-0.4, -0.2) is 43.3 Å². The Labute approximate surface area is 116 Å². The van der Waals surface area contributed by atoms with Gasteiger partial charge >= 0.3 is 0 Å². The average Bonchev–Trinajstić information content (AvgIpc) is 2.83. The first-order chi connectivity index (χ1) is 9.24. The Morgan fingerprint density at radius 3 is 2.84 bits per heavy atom. The van der Waals surface area contributed by atoms with Crippen molar-refractivity contribution in [1.82, 2.24) is 10.2 Å². The Kier molecular flexibility index (Phi) is 5.83. The standard InChI is InChI=1S/C16H26N2O/c1-14(2)17-9-11-19-16-8-10-18(13-16)12-15-6-4-3-5-7-15/h3-7,14,16-17H,8-13H2,1-2H3. The van der Waals surface area contributed by atoms with Gasteiger partial charge in [0, 0.05) is 32.2 Å². The van der Waals surface area contributed by atoms with Gasteiger partial charge < -0.3 is 10.1 Å². The number of likely N-dealkylation sites (tertiary alicyclic amines) is 1. The molecule has 1 aliphatic rings. The summed E-state index contributed by atoms with van der Waals surface area (Å²) in [5.74, 6) is 0. The van der Waals surface area contributed by atoms with Gasteiger partial charge in [-0.1, -0.05) is 44.2 Å². The second-order valence-electron chi connectivity index (χ2n) is 5.61. The minimum atomic E-state index is 0.415. The number of rotatable bonds is 7. The van der Waals surface area contributed by atoms with E-state index in [2.05, 4.69) is 54.4 Å². The van der Waals surface area contributed by atoms with Crippen molar-refractivity contribution >= 4 is 0 Å². The molecule has 1 N–H and O–H groups in total. The lowest BCUT2D eigenvalue weighted by Gasteiger charge is -2.16. The summed E-state index contributed by atoms with van der Waals surface area (Å²) >= 11 is 0. The summed E-state index contributed by atoms with van der Waals surface area (Å²) in [5, 5.41) is 3.38. The maximum absolute atomic E-state index is 5.92. The molecule has 1 saturated heterocycles. The number of hydrogen-bond acceptors (Lipinski definition) is 3. The Balaban J connectivity index is 1.63. The molecule has 0 aromatic heterocycles. The summed E-state index contributed by atoms with van der Waals surface area (Å²) in [4.78, 5) is 2.48. The fourth-order valence-corrected chi connectivity index (χ4v) is 2.49. The molecule has 1 aliphatic heterocycles. The van der Waals surface area contributed by atoms with Crippen LogP contribution in [0.2, 0.25) is 0 Å². The summed E-state index contributed by atoms with van der Waals surface area (Å²) < 4.78 is 5.92. The van der Waals surface area contributed by atoms with Crippen molar-refractivity contribution in [2.45, 2.75) is 39.0 Å². The maximum Gasteiger partial charge on any atom is 0.0714 e. The topological polar surface area (TPSA) is 24.5 Å². The predicted octanol–water partition coefficient (Wildman–Crippen LogP) is 2.28. The minimum absolute atomic E-state index is 0.415. The average molecular weight is 262 g/mol. The summed E-state index contributed by atoms with van der Waals surface area (Å²) in [6.07, 6.45) is 1.58. The van der Waals surface area contributed by atoms with Crippen molar-refractivity contribution in [1.29, 1.82) is 0 Å². The second-order valence-corrected chi connectivity index (χ2v) is 5.61. The lowest BCUT2D eigenvalue weighted by molar-refractivity contribution is 0.0597. The third kappa shape index (κ3) is 5.31. The van der Waals surface area contributed by atoms with Gasteiger partial charge in [0.1, 0.15) is 0 Å². The van der Waals surface area contributed by atoms with Crippen LogP contribution in [0.3, 0.4) is 0 Å². The van der Waals surface area contributed by atoms with Gasteiger partial charge in [-0.25, -0.2) is 0 Å². The molecule has 0 amide bonds. The van der Waals surface area contributed by atoms with Crippen molar-refractivity contribution in [2.24, 2.45) is 0 Å². The van der Waals surface area contributed by atoms with Crippen molar-refractivity contribution in [3.8, 4) is 0 Å². The molecule has 3 nitrogen and oxygen atoms in total. The van der Waals surface area contributed by atoms with Crippen LogP contribution in [0.15, 0.2) is 30.3 Å². The highest BCUT2D eigenvalue weighted by Gasteiger charge is 2.22. The third-order valence-electron chi connectivity index (χ3n) is 3.49. The SMILES string of the molecule is CC(C)NCCOC1CCN(Cc2ccccc2)C1. The van der Waals surface area contributed by atoms with Gasteiger partial charge in [0.15, 0.2) is 0 Å². The summed E-state index contributed by atoms with van der Waals surface area (Å²) in [6.45, 7) is 9.36. The van der Waals surface area contributed by atoms with Crippen molar-refractivity contribution in [3.05, 3.63) is 35.9 Å².